The van der Waals surface area contributed by atoms with Gasteiger partial charge in [0.15, 0.2) is 0 Å². The molecule has 3 rings (SSSR count). The fourth-order valence-corrected chi connectivity index (χ4v) is 3.55. The molecule has 5 heteroatoms. The first-order valence-electron chi connectivity index (χ1n) is 7.31. The minimum absolute atomic E-state index is 0.0927. The smallest absolute Gasteiger partial charge is 0.228 e. The molecule has 0 aromatic heterocycles. The van der Waals surface area contributed by atoms with E-state index in [-0.39, 0.29) is 17.5 Å². The average molecular weight is 265 g/mol. The van der Waals surface area contributed by atoms with Crippen LogP contribution < -0.4 is 0 Å². The molecule has 0 radical (unpaired) electrons. The summed E-state index contributed by atoms with van der Waals surface area (Å²) in [7, 11) is 0. The predicted molar refractivity (Wildman–Crippen MR) is 71.0 cm³/mol. The first-order valence-corrected chi connectivity index (χ1v) is 7.31. The van der Waals surface area contributed by atoms with Crippen molar-refractivity contribution < 1.29 is 10.0 Å². The van der Waals surface area contributed by atoms with Gasteiger partial charge in [0.25, 0.3) is 0 Å². The molecule has 1 amide bonds. The summed E-state index contributed by atoms with van der Waals surface area (Å²) in [5.74, 6) is 0.284. The number of fused-ring (bicyclic) bond motifs is 1. The Kier molecular flexibility index (Phi) is 3.17. The van der Waals surface area contributed by atoms with Gasteiger partial charge in [0, 0.05) is 30.9 Å². The standard InChI is InChI=1S/C14H23N3O2/c1-14(5-3-2-4-6-14)13(18)16-8-7-15-9-10-17(19)12(15)11-16/h9-10,12,19H,2-8,11H2,1H3. The molecular formula is C14H23N3O2. The third-order valence-corrected chi connectivity index (χ3v) is 4.87. The molecule has 2 heterocycles. The lowest BCUT2D eigenvalue weighted by Crippen LogP contribution is -2.57. The molecule has 0 aromatic carbocycles. The van der Waals surface area contributed by atoms with Gasteiger partial charge in [-0.3, -0.25) is 10.0 Å². The lowest BCUT2D eigenvalue weighted by atomic mass is 9.74. The Morgan fingerprint density at radius 2 is 1.95 bits per heavy atom. The van der Waals surface area contributed by atoms with Crippen molar-refractivity contribution in [3.8, 4) is 0 Å². The van der Waals surface area contributed by atoms with Crippen molar-refractivity contribution >= 4 is 5.91 Å². The highest BCUT2D eigenvalue weighted by Crippen LogP contribution is 2.38. The summed E-state index contributed by atoms with van der Waals surface area (Å²) in [4.78, 5) is 16.8. The second kappa shape index (κ2) is 4.71. The summed E-state index contributed by atoms with van der Waals surface area (Å²) >= 11 is 0. The fraction of sp³-hybridized carbons (Fsp3) is 0.786. The molecule has 3 aliphatic rings. The van der Waals surface area contributed by atoms with Crippen LogP contribution in [-0.2, 0) is 4.79 Å². The van der Waals surface area contributed by atoms with E-state index >= 15 is 0 Å². The van der Waals surface area contributed by atoms with Crippen LogP contribution in [0, 0.1) is 5.41 Å². The maximum Gasteiger partial charge on any atom is 0.228 e. The number of hydrogen-bond donors (Lipinski definition) is 1. The molecule has 0 spiro atoms. The van der Waals surface area contributed by atoms with Gasteiger partial charge in [-0.25, -0.2) is 5.06 Å². The van der Waals surface area contributed by atoms with Gasteiger partial charge in [0.2, 0.25) is 5.91 Å². The Morgan fingerprint density at radius 3 is 2.68 bits per heavy atom. The van der Waals surface area contributed by atoms with E-state index in [0.29, 0.717) is 6.54 Å². The fourth-order valence-electron chi connectivity index (χ4n) is 3.55. The van der Waals surface area contributed by atoms with E-state index in [4.69, 9.17) is 0 Å². The molecule has 0 bridgehead atoms. The van der Waals surface area contributed by atoms with Crippen LogP contribution in [-0.4, -0.2) is 51.8 Å². The molecule has 1 atom stereocenters. The van der Waals surface area contributed by atoms with Gasteiger partial charge in [0.05, 0.1) is 6.54 Å². The second-order valence-electron chi connectivity index (χ2n) is 6.27. The monoisotopic (exact) mass is 265 g/mol. The van der Waals surface area contributed by atoms with Crippen LogP contribution in [0.5, 0.6) is 0 Å². The minimum Gasteiger partial charge on any atom is -0.351 e. The number of hydrogen-bond acceptors (Lipinski definition) is 4. The Morgan fingerprint density at radius 1 is 1.21 bits per heavy atom. The third-order valence-electron chi connectivity index (χ3n) is 4.87. The minimum atomic E-state index is -0.174. The number of amides is 1. The van der Waals surface area contributed by atoms with Crippen molar-refractivity contribution in [2.24, 2.45) is 5.41 Å². The first kappa shape index (κ1) is 12.8. The van der Waals surface area contributed by atoms with Gasteiger partial charge in [-0.1, -0.05) is 26.2 Å². The number of rotatable bonds is 1. The highest BCUT2D eigenvalue weighted by atomic mass is 16.5. The Labute approximate surface area is 114 Å². The van der Waals surface area contributed by atoms with Crippen molar-refractivity contribution in [1.29, 1.82) is 0 Å². The zero-order valence-corrected chi connectivity index (χ0v) is 11.6. The number of hydroxylamine groups is 2. The molecule has 1 unspecified atom stereocenters. The normalized spacial score (nSPS) is 29.6. The lowest BCUT2D eigenvalue weighted by Gasteiger charge is -2.43. The molecule has 19 heavy (non-hydrogen) atoms. The quantitative estimate of drug-likeness (QED) is 0.782. The van der Waals surface area contributed by atoms with Gasteiger partial charge in [-0.05, 0) is 12.8 Å². The van der Waals surface area contributed by atoms with E-state index in [2.05, 4.69) is 11.8 Å². The predicted octanol–water partition coefficient (Wildman–Crippen LogP) is 1.60. The largest absolute Gasteiger partial charge is 0.351 e. The number of piperazine rings is 1. The lowest BCUT2D eigenvalue weighted by molar-refractivity contribution is -0.156. The van der Waals surface area contributed by atoms with Crippen molar-refractivity contribution in [2.45, 2.75) is 45.2 Å². The van der Waals surface area contributed by atoms with Crippen LogP contribution in [0.25, 0.3) is 0 Å². The van der Waals surface area contributed by atoms with E-state index in [0.717, 1.165) is 25.9 Å². The van der Waals surface area contributed by atoms with Crippen molar-refractivity contribution in [3.05, 3.63) is 12.4 Å². The zero-order chi connectivity index (χ0) is 13.5. The third kappa shape index (κ3) is 2.20. The van der Waals surface area contributed by atoms with Gasteiger partial charge >= 0.3 is 0 Å². The molecule has 5 nitrogen and oxygen atoms in total. The number of carbonyl (C=O) groups is 1. The van der Waals surface area contributed by atoms with Crippen LogP contribution in [0.15, 0.2) is 12.4 Å². The highest BCUT2D eigenvalue weighted by molar-refractivity contribution is 5.82. The van der Waals surface area contributed by atoms with Crippen LogP contribution in [0.2, 0.25) is 0 Å². The van der Waals surface area contributed by atoms with Gasteiger partial charge in [-0.2, -0.15) is 0 Å². The summed E-state index contributed by atoms with van der Waals surface area (Å²) in [5.41, 5.74) is -0.174. The Hall–Kier alpha value is -1.23. The van der Waals surface area contributed by atoms with Gasteiger partial charge in [-0.15, -0.1) is 0 Å². The summed E-state index contributed by atoms with van der Waals surface area (Å²) in [6.45, 7) is 4.28. The van der Waals surface area contributed by atoms with Crippen LogP contribution in [0.3, 0.4) is 0 Å². The molecule has 106 valence electrons. The second-order valence-corrected chi connectivity index (χ2v) is 6.27. The maximum atomic E-state index is 12.8. The summed E-state index contributed by atoms with van der Waals surface area (Å²) in [6, 6.07) is 0. The van der Waals surface area contributed by atoms with Crippen molar-refractivity contribution in [3.63, 3.8) is 0 Å². The molecule has 1 saturated heterocycles. The Bertz CT molecular complexity index is 390. The van der Waals surface area contributed by atoms with E-state index in [1.54, 1.807) is 6.20 Å². The molecule has 1 N–H and O–H groups in total. The maximum absolute atomic E-state index is 12.8. The molecule has 0 aromatic rings. The first-order chi connectivity index (χ1) is 9.10. The Balaban J connectivity index is 1.67. The average Bonchev–Trinajstić information content (AvgIpc) is 2.80. The summed E-state index contributed by atoms with van der Waals surface area (Å²) in [6.07, 6.45) is 9.09. The molecule has 1 saturated carbocycles. The molecule has 1 aliphatic carbocycles. The molecule has 2 fully saturated rings. The van der Waals surface area contributed by atoms with Crippen LogP contribution in [0.1, 0.15) is 39.0 Å². The van der Waals surface area contributed by atoms with Crippen molar-refractivity contribution in [2.75, 3.05) is 19.6 Å². The number of carbonyl (C=O) groups excluding carboxylic acids is 1. The molecule has 2 aliphatic heterocycles. The van der Waals surface area contributed by atoms with Crippen LogP contribution in [0.4, 0.5) is 0 Å². The number of nitrogens with zero attached hydrogens (tertiary/aromatic N) is 3. The highest BCUT2D eigenvalue weighted by Gasteiger charge is 2.41. The van der Waals surface area contributed by atoms with E-state index in [1.807, 2.05) is 11.1 Å². The summed E-state index contributed by atoms with van der Waals surface area (Å²) < 4.78 is 0. The van der Waals surface area contributed by atoms with Gasteiger partial charge < -0.3 is 9.80 Å². The summed E-state index contributed by atoms with van der Waals surface area (Å²) in [5, 5.41) is 11.0. The van der Waals surface area contributed by atoms with Gasteiger partial charge in [0.1, 0.15) is 6.17 Å². The molecular weight excluding hydrogens is 242 g/mol. The van der Waals surface area contributed by atoms with E-state index < -0.39 is 0 Å². The van der Waals surface area contributed by atoms with E-state index in [9.17, 15) is 10.0 Å². The topological polar surface area (TPSA) is 47.0 Å². The van der Waals surface area contributed by atoms with Crippen LogP contribution >= 0.6 is 0 Å². The SMILES string of the molecule is CC1(C(=O)N2CCN3C=CN(O)C3C2)CCCCC1. The van der Waals surface area contributed by atoms with Crippen molar-refractivity contribution in [1.82, 2.24) is 14.9 Å². The van der Waals surface area contributed by atoms with E-state index in [1.165, 1.54) is 24.3 Å². The zero-order valence-electron chi connectivity index (χ0n) is 11.6.